The first-order chi connectivity index (χ1) is 15.3. The molecule has 0 unspecified atom stereocenters. The lowest BCUT2D eigenvalue weighted by molar-refractivity contribution is 0.0331. The second-order valence-electron chi connectivity index (χ2n) is 7.50. The molecule has 158 valence electrons. The summed E-state index contributed by atoms with van der Waals surface area (Å²) >= 11 is 1.55. The first kappa shape index (κ1) is 19.9. The number of nitrogens with zero attached hydrogens (tertiary/aromatic N) is 2. The Morgan fingerprint density at radius 1 is 1.03 bits per heavy atom. The van der Waals surface area contributed by atoms with Crippen molar-refractivity contribution in [3.05, 3.63) is 78.1 Å². The Balaban J connectivity index is 1.34. The molecule has 3 heterocycles. The van der Waals surface area contributed by atoms with Crippen LogP contribution in [0, 0.1) is 0 Å². The summed E-state index contributed by atoms with van der Waals surface area (Å²) in [5, 5.41) is 3.93. The van der Waals surface area contributed by atoms with Crippen molar-refractivity contribution in [3.8, 4) is 10.8 Å². The summed E-state index contributed by atoms with van der Waals surface area (Å²) < 4.78 is 12.4. The third-order valence-electron chi connectivity index (χ3n) is 5.39. The molecule has 31 heavy (non-hydrogen) atoms. The molecule has 2 aromatic heterocycles. The van der Waals surface area contributed by atoms with E-state index in [4.69, 9.17) is 9.15 Å². The van der Waals surface area contributed by atoms with Crippen molar-refractivity contribution in [1.29, 1.82) is 0 Å². The molecule has 0 saturated carbocycles. The Bertz CT molecular complexity index is 1130. The van der Waals surface area contributed by atoms with Gasteiger partial charge in [-0.15, -0.1) is 11.3 Å². The molecule has 1 aliphatic rings. The van der Waals surface area contributed by atoms with E-state index in [0.29, 0.717) is 5.76 Å². The van der Waals surface area contributed by atoms with Gasteiger partial charge in [-0.2, -0.15) is 0 Å². The number of carbonyl (C=O) groups excluding carboxylic acids is 1. The fourth-order valence-corrected chi connectivity index (χ4v) is 4.67. The predicted octanol–water partition coefficient (Wildman–Crippen LogP) is 4.36. The zero-order chi connectivity index (χ0) is 21.0. The van der Waals surface area contributed by atoms with Gasteiger partial charge in [-0.1, -0.05) is 42.5 Å². The number of hydrogen-bond donors (Lipinski definition) is 1. The molecule has 0 spiro atoms. The second kappa shape index (κ2) is 9.01. The normalized spacial score (nSPS) is 15.7. The van der Waals surface area contributed by atoms with Crippen molar-refractivity contribution in [1.82, 2.24) is 15.2 Å². The van der Waals surface area contributed by atoms with Crippen LogP contribution in [0.25, 0.3) is 21.0 Å². The van der Waals surface area contributed by atoms with Crippen LogP contribution in [0.15, 0.2) is 71.1 Å². The number of carbonyl (C=O) groups is 1. The quantitative estimate of drug-likeness (QED) is 0.489. The number of fused-ring (bicyclic) bond motifs is 1. The average molecular weight is 434 g/mol. The Labute approximate surface area is 184 Å². The van der Waals surface area contributed by atoms with Gasteiger partial charge in [0.25, 0.3) is 5.91 Å². The minimum atomic E-state index is -0.227. The summed E-state index contributed by atoms with van der Waals surface area (Å²) in [6.07, 6.45) is 0. The number of aromatic nitrogens is 1. The van der Waals surface area contributed by atoms with Crippen molar-refractivity contribution in [2.45, 2.75) is 6.04 Å². The first-order valence-electron chi connectivity index (χ1n) is 10.4. The number of rotatable bonds is 6. The van der Waals surface area contributed by atoms with E-state index in [9.17, 15) is 4.79 Å². The van der Waals surface area contributed by atoms with Crippen LogP contribution in [0.4, 0.5) is 0 Å². The number of furan rings is 1. The van der Waals surface area contributed by atoms with Gasteiger partial charge in [-0.3, -0.25) is 9.69 Å². The summed E-state index contributed by atoms with van der Waals surface area (Å²) in [4.78, 5) is 20.0. The molecule has 7 heteroatoms. The molecule has 5 rings (SSSR count). The maximum atomic E-state index is 13.0. The summed E-state index contributed by atoms with van der Waals surface area (Å²) in [6.45, 7) is 3.90. The van der Waals surface area contributed by atoms with Crippen molar-refractivity contribution in [2.75, 3.05) is 32.8 Å². The minimum Gasteiger partial charge on any atom is -0.448 e. The van der Waals surface area contributed by atoms with Crippen LogP contribution >= 0.6 is 11.3 Å². The van der Waals surface area contributed by atoms with Crippen molar-refractivity contribution < 1.29 is 13.9 Å². The van der Waals surface area contributed by atoms with E-state index >= 15 is 0 Å². The topological polar surface area (TPSA) is 67.6 Å². The molecule has 1 fully saturated rings. The van der Waals surface area contributed by atoms with Gasteiger partial charge in [-0.05, 0) is 29.8 Å². The zero-order valence-corrected chi connectivity index (χ0v) is 17.8. The van der Waals surface area contributed by atoms with Crippen molar-refractivity contribution >= 4 is 27.5 Å². The standard InChI is InChI=1S/C24H23N3O3S/c28-23(20-10-11-21(30-20)24-26-18-8-4-5-9-22(18)31-24)25-19(17-6-2-1-3-7-17)16-27-12-14-29-15-13-27/h1-11,19H,12-16H2,(H,25,28)/t19-/m0/s1. The number of amides is 1. The van der Waals surface area contributed by atoms with Crippen molar-refractivity contribution in [2.24, 2.45) is 0 Å². The van der Waals surface area contributed by atoms with Gasteiger partial charge in [0.1, 0.15) is 0 Å². The van der Waals surface area contributed by atoms with Gasteiger partial charge in [0.05, 0.1) is 29.5 Å². The van der Waals surface area contributed by atoms with Crippen LogP contribution in [-0.4, -0.2) is 48.6 Å². The summed E-state index contributed by atoms with van der Waals surface area (Å²) in [6, 6.07) is 21.4. The van der Waals surface area contributed by atoms with Gasteiger partial charge in [-0.25, -0.2) is 4.98 Å². The lowest BCUT2D eigenvalue weighted by Gasteiger charge is -2.31. The largest absolute Gasteiger partial charge is 0.448 e. The summed E-state index contributed by atoms with van der Waals surface area (Å²) in [5.74, 6) is 0.669. The van der Waals surface area contributed by atoms with Gasteiger partial charge in [0.2, 0.25) is 0 Å². The molecule has 0 aliphatic carbocycles. The Hall–Kier alpha value is -3.00. The predicted molar refractivity (Wildman–Crippen MR) is 121 cm³/mol. The van der Waals surface area contributed by atoms with E-state index < -0.39 is 0 Å². The first-order valence-corrected chi connectivity index (χ1v) is 11.2. The number of benzene rings is 2. The molecule has 1 N–H and O–H groups in total. The maximum Gasteiger partial charge on any atom is 0.287 e. The van der Waals surface area contributed by atoms with Crippen LogP contribution in [0.1, 0.15) is 22.2 Å². The molecule has 4 aromatic rings. The fraction of sp³-hybridized carbons (Fsp3) is 0.250. The SMILES string of the molecule is O=C(N[C@@H](CN1CCOCC1)c1ccccc1)c1ccc(-c2nc3ccccc3s2)o1. The number of thiazole rings is 1. The molecule has 1 aliphatic heterocycles. The zero-order valence-electron chi connectivity index (χ0n) is 17.0. The molecular formula is C24H23N3O3S. The number of morpholine rings is 1. The molecule has 1 atom stereocenters. The molecule has 1 amide bonds. The van der Waals surface area contributed by atoms with Gasteiger partial charge < -0.3 is 14.5 Å². The lowest BCUT2D eigenvalue weighted by atomic mass is 10.1. The molecule has 2 aromatic carbocycles. The Morgan fingerprint density at radius 2 is 1.81 bits per heavy atom. The third kappa shape index (κ3) is 4.54. The highest BCUT2D eigenvalue weighted by Gasteiger charge is 2.22. The minimum absolute atomic E-state index is 0.136. The van der Waals surface area contributed by atoms with E-state index in [1.165, 1.54) is 0 Å². The maximum absolute atomic E-state index is 13.0. The van der Waals surface area contributed by atoms with E-state index in [0.717, 1.165) is 53.6 Å². The lowest BCUT2D eigenvalue weighted by Crippen LogP contribution is -2.43. The van der Waals surface area contributed by atoms with E-state index in [2.05, 4.69) is 15.2 Å². The second-order valence-corrected chi connectivity index (χ2v) is 8.53. The highest BCUT2D eigenvalue weighted by molar-refractivity contribution is 7.21. The van der Waals surface area contributed by atoms with Crippen LogP contribution < -0.4 is 5.32 Å². The van der Waals surface area contributed by atoms with Crippen LogP contribution in [0.2, 0.25) is 0 Å². The van der Waals surface area contributed by atoms with Crippen LogP contribution in [0.5, 0.6) is 0 Å². The third-order valence-corrected chi connectivity index (χ3v) is 6.44. The summed E-state index contributed by atoms with van der Waals surface area (Å²) in [7, 11) is 0. The van der Waals surface area contributed by atoms with E-state index in [1.54, 1.807) is 17.4 Å². The Morgan fingerprint density at radius 3 is 2.61 bits per heavy atom. The summed E-state index contributed by atoms with van der Waals surface area (Å²) in [5.41, 5.74) is 2.00. The van der Waals surface area contributed by atoms with Crippen molar-refractivity contribution in [3.63, 3.8) is 0 Å². The number of hydrogen-bond acceptors (Lipinski definition) is 6. The highest BCUT2D eigenvalue weighted by atomic mass is 32.1. The number of ether oxygens (including phenoxy) is 1. The molecular weight excluding hydrogens is 410 g/mol. The highest BCUT2D eigenvalue weighted by Crippen LogP contribution is 2.31. The van der Waals surface area contributed by atoms with Gasteiger partial charge in [0.15, 0.2) is 16.5 Å². The van der Waals surface area contributed by atoms with Gasteiger partial charge >= 0.3 is 0 Å². The monoisotopic (exact) mass is 433 g/mol. The Kier molecular flexibility index (Phi) is 5.80. The number of nitrogens with one attached hydrogen (secondary N) is 1. The number of para-hydroxylation sites is 1. The van der Waals surface area contributed by atoms with Crippen LogP contribution in [0.3, 0.4) is 0 Å². The molecule has 1 saturated heterocycles. The fourth-order valence-electron chi connectivity index (χ4n) is 3.74. The van der Waals surface area contributed by atoms with E-state index in [1.807, 2.05) is 60.7 Å². The van der Waals surface area contributed by atoms with Crippen LogP contribution in [-0.2, 0) is 4.74 Å². The smallest absolute Gasteiger partial charge is 0.287 e. The van der Waals surface area contributed by atoms with E-state index in [-0.39, 0.29) is 17.7 Å². The molecule has 6 nitrogen and oxygen atoms in total. The van der Waals surface area contributed by atoms with Gasteiger partial charge in [0, 0.05) is 19.6 Å². The molecule has 0 radical (unpaired) electrons. The average Bonchev–Trinajstić information content (AvgIpc) is 3.47. The molecule has 0 bridgehead atoms.